The van der Waals surface area contributed by atoms with Crippen molar-refractivity contribution in [3.8, 4) is 0 Å². The van der Waals surface area contributed by atoms with Gasteiger partial charge in [-0.2, -0.15) is 0 Å². The van der Waals surface area contributed by atoms with Crippen molar-refractivity contribution >= 4 is 16.0 Å². The molecule has 0 amide bonds. The third-order valence-corrected chi connectivity index (χ3v) is 4.62. The monoisotopic (exact) mass is 285 g/mol. The largest absolute Gasteiger partial charge is 0.478 e. The van der Waals surface area contributed by atoms with Crippen molar-refractivity contribution < 1.29 is 18.3 Å². The van der Waals surface area contributed by atoms with E-state index in [-0.39, 0.29) is 22.1 Å². The van der Waals surface area contributed by atoms with E-state index >= 15 is 0 Å². The molecule has 0 heterocycles. The van der Waals surface area contributed by atoms with Crippen LogP contribution < -0.4 is 4.72 Å². The van der Waals surface area contributed by atoms with E-state index in [0.29, 0.717) is 0 Å². The normalized spacial score (nSPS) is 13.2. The molecule has 1 rings (SSSR count). The number of nitrogens with one attached hydrogen (secondary N) is 1. The Hall–Kier alpha value is -1.40. The first-order valence-corrected chi connectivity index (χ1v) is 7.63. The van der Waals surface area contributed by atoms with E-state index < -0.39 is 16.0 Å². The van der Waals surface area contributed by atoms with E-state index in [0.717, 1.165) is 12.8 Å². The smallest absolute Gasteiger partial charge is 0.335 e. The molecule has 0 aliphatic rings. The molecule has 0 aliphatic heterocycles. The molecule has 106 valence electrons. The zero-order valence-corrected chi connectivity index (χ0v) is 12.1. The number of carboxylic acids is 1. The molecular formula is C13H19NO4S. The predicted octanol–water partition coefficient (Wildman–Crippen LogP) is 2.16. The second kappa shape index (κ2) is 6.16. The molecule has 19 heavy (non-hydrogen) atoms. The highest BCUT2D eigenvalue weighted by atomic mass is 32.2. The summed E-state index contributed by atoms with van der Waals surface area (Å²) in [6.07, 6.45) is 1.61. The average Bonchev–Trinajstić information content (AvgIpc) is 2.27. The lowest BCUT2D eigenvalue weighted by molar-refractivity contribution is 0.0696. The zero-order chi connectivity index (χ0) is 14.6. The summed E-state index contributed by atoms with van der Waals surface area (Å²) in [5.74, 6) is -1.13. The van der Waals surface area contributed by atoms with Crippen molar-refractivity contribution in [3.05, 3.63) is 29.3 Å². The first-order chi connectivity index (χ1) is 8.79. The SMILES string of the molecule is CCCC(C)NS(=O)(=O)c1cccc(C(=O)O)c1C. The van der Waals surface area contributed by atoms with Crippen molar-refractivity contribution in [2.75, 3.05) is 0 Å². The molecule has 0 aromatic heterocycles. The van der Waals surface area contributed by atoms with Crippen molar-refractivity contribution in [1.82, 2.24) is 4.72 Å². The molecule has 0 radical (unpaired) electrons. The molecule has 5 nitrogen and oxygen atoms in total. The molecule has 1 atom stereocenters. The summed E-state index contributed by atoms with van der Waals surface area (Å²) in [5, 5.41) is 9.01. The fourth-order valence-corrected chi connectivity index (χ4v) is 3.50. The summed E-state index contributed by atoms with van der Waals surface area (Å²) in [4.78, 5) is 11.0. The highest BCUT2D eigenvalue weighted by Gasteiger charge is 2.22. The van der Waals surface area contributed by atoms with Crippen LogP contribution in [0.5, 0.6) is 0 Å². The van der Waals surface area contributed by atoms with Crippen LogP contribution in [0.4, 0.5) is 0 Å². The molecule has 0 bridgehead atoms. The highest BCUT2D eigenvalue weighted by molar-refractivity contribution is 7.89. The van der Waals surface area contributed by atoms with Gasteiger partial charge in [-0.1, -0.05) is 19.4 Å². The first kappa shape index (κ1) is 15.7. The molecule has 2 N–H and O–H groups in total. The number of carbonyl (C=O) groups is 1. The molecule has 6 heteroatoms. The lowest BCUT2D eigenvalue weighted by Crippen LogP contribution is -2.33. The van der Waals surface area contributed by atoms with Crippen LogP contribution >= 0.6 is 0 Å². The summed E-state index contributed by atoms with van der Waals surface area (Å²) in [7, 11) is -3.68. The van der Waals surface area contributed by atoms with Crippen molar-refractivity contribution in [1.29, 1.82) is 0 Å². The van der Waals surface area contributed by atoms with E-state index in [9.17, 15) is 13.2 Å². The molecule has 0 spiro atoms. The Kier molecular flexibility index (Phi) is 5.08. The van der Waals surface area contributed by atoms with Gasteiger partial charge >= 0.3 is 5.97 Å². The van der Waals surface area contributed by atoms with Crippen LogP contribution in [-0.4, -0.2) is 25.5 Å². The molecule has 0 fully saturated rings. The summed E-state index contributed by atoms with van der Waals surface area (Å²) < 4.78 is 27.0. The molecule has 0 saturated heterocycles. The first-order valence-electron chi connectivity index (χ1n) is 6.14. The Balaban J connectivity index is 3.15. The van der Waals surface area contributed by atoms with Gasteiger partial charge in [-0.05, 0) is 38.0 Å². The second-order valence-electron chi connectivity index (χ2n) is 4.54. The fraction of sp³-hybridized carbons (Fsp3) is 0.462. The maximum absolute atomic E-state index is 12.2. The van der Waals surface area contributed by atoms with Crippen LogP contribution in [-0.2, 0) is 10.0 Å². The molecule has 0 aliphatic carbocycles. The average molecular weight is 285 g/mol. The van der Waals surface area contributed by atoms with E-state index in [1.54, 1.807) is 6.92 Å². The van der Waals surface area contributed by atoms with Crippen LogP contribution in [0.25, 0.3) is 0 Å². The van der Waals surface area contributed by atoms with E-state index in [4.69, 9.17) is 5.11 Å². The van der Waals surface area contributed by atoms with Gasteiger partial charge in [-0.15, -0.1) is 0 Å². The van der Waals surface area contributed by atoms with Crippen molar-refractivity contribution in [3.63, 3.8) is 0 Å². The number of sulfonamides is 1. The van der Waals surface area contributed by atoms with Crippen LogP contribution in [0, 0.1) is 6.92 Å². The van der Waals surface area contributed by atoms with E-state index in [2.05, 4.69) is 4.72 Å². The van der Waals surface area contributed by atoms with Crippen LogP contribution in [0.1, 0.15) is 42.6 Å². The van der Waals surface area contributed by atoms with Crippen LogP contribution in [0.3, 0.4) is 0 Å². The standard InChI is InChI=1S/C13H19NO4S/c1-4-6-9(2)14-19(17,18)12-8-5-7-11(10(12)3)13(15)16/h5,7-9,14H,4,6H2,1-3H3,(H,15,16). The minimum absolute atomic E-state index is 0.00557. The minimum Gasteiger partial charge on any atom is -0.478 e. The lowest BCUT2D eigenvalue weighted by Gasteiger charge is -2.15. The molecule has 1 unspecified atom stereocenters. The van der Waals surface area contributed by atoms with Gasteiger partial charge in [0.2, 0.25) is 10.0 Å². The van der Waals surface area contributed by atoms with Crippen molar-refractivity contribution in [2.24, 2.45) is 0 Å². The van der Waals surface area contributed by atoms with Gasteiger partial charge in [0, 0.05) is 6.04 Å². The maximum Gasteiger partial charge on any atom is 0.335 e. The number of carboxylic acid groups (broad SMARTS) is 1. The molecule has 0 saturated carbocycles. The number of hydrogen-bond acceptors (Lipinski definition) is 3. The van der Waals surface area contributed by atoms with Gasteiger partial charge < -0.3 is 5.11 Å². The number of benzene rings is 1. The number of rotatable bonds is 6. The van der Waals surface area contributed by atoms with Crippen molar-refractivity contribution in [2.45, 2.75) is 44.6 Å². The maximum atomic E-state index is 12.2. The highest BCUT2D eigenvalue weighted by Crippen LogP contribution is 2.19. The molecule has 1 aromatic rings. The molecular weight excluding hydrogens is 266 g/mol. The van der Waals surface area contributed by atoms with E-state index in [1.165, 1.54) is 25.1 Å². The number of aromatic carboxylic acids is 1. The topological polar surface area (TPSA) is 83.5 Å². The minimum atomic E-state index is -3.68. The Morgan fingerprint density at radius 3 is 2.58 bits per heavy atom. The third kappa shape index (κ3) is 3.78. The summed E-state index contributed by atoms with van der Waals surface area (Å²) >= 11 is 0. The summed E-state index contributed by atoms with van der Waals surface area (Å²) in [5.41, 5.74) is 0.261. The quantitative estimate of drug-likeness (QED) is 0.839. The van der Waals surface area contributed by atoms with Gasteiger partial charge in [0.15, 0.2) is 0 Å². The Labute approximate surface area is 113 Å². The van der Waals surface area contributed by atoms with Crippen LogP contribution in [0.2, 0.25) is 0 Å². The van der Waals surface area contributed by atoms with Gasteiger partial charge in [0.05, 0.1) is 10.5 Å². The third-order valence-electron chi connectivity index (χ3n) is 2.88. The van der Waals surface area contributed by atoms with Gasteiger partial charge in [0.25, 0.3) is 0 Å². The number of hydrogen-bond donors (Lipinski definition) is 2. The Morgan fingerprint density at radius 1 is 1.42 bits per heavy atom. The van der Waals surface area contributed by atoms with Crippen LogP contribution in [0.15, 0.2) is 23.1 Å². The Bertz CT molecular complexity index is 566. The van der Waals surface area contributed by atoms with Gasteiger partial charge in [-0.3, -0.25) is 0 Å². The Morgan fingerprint density at radius 2 is 2.05 bits per heavy atom. The van der Waals surface area contributed by atoms with E-state index in [1.807, 2.05) is 6.92 Å². The fourth-order valence-electron chi connectivity index (χ4n) is 1.96. The lowest BCUT2D eigenvalue weighted by atomic mass is 10.1. The van der Waals surface area contributed by atoms with Gasteiger partial charge in [0.1, 0.15) is 0 Å². The second-order valence-corrected chi connectivity index (χ2v) is 6.23. The predicted molar refractivity (Wildman–Crippen MR) is 72.8 cm³/mol. The molecule has 1 aromatic carbocycles. The van der Waals surface area contributed by atoms with Gasteiger partial charge in [-0.25, -0.2) is 17.9 Å². The summed E-state index contributed by atoms with van der Waals surface area (Å²) in [6, 6.07) is 4.08. The summed E-state index contributed by atoms with van der Waals surface area (Å²) in [6.45, 7) is 5.26. The zero-order valence-electron chi connectivity index (χ0n) is 11.3.